The quantitative estimate of drug-likeness (QED) is 0.0265. The van der Waals surface area contributed by atoms with Crippen molar-refractivity contribution in [1.29, 1.82) is 0 Å². The molecule has 0 aliphatic rings. The number of phosphoric acid groups is 1. The summed E-state index contributed by atoms with van der Waals surface area (Å²) in [6.07, 6.45) is 61.8. The highest BCUT2D eigenvalue weighted by Gasteiger charge is 2.26. The first-order chi connectivity index (χ1) is 30.8. The van der Waals surface area contributed by atoms with Gasteiger partial charge in [0.2, 0.25) is 0 Å². The molecule has 0 rings (SSSR count). The van der Waals surface area contributed by atoms with E-state index in [1.54, 1.807) is 0 Å². The number of hydrogen-bond donors (Lipinski definition) is 2. The van der Waals surface area contributed by atoms with Crippen molar-refractivity contribution in [2.75, 3.05) is 26.4 Å². The van der Waals surface area contributed by atoms with Crippen LogP contribution in [0.15, 0.2) is 85.1 Å². The van der Waals surface area contributed by atoms with Crippen molar-refractivity contribution >= 4 is 19.8 Å². The highest BCUT2D eigenvalue weighted by Crippen LogP contribution is 2.43. The third-order valence-electron chi connectivity index (χ3n) is 10.3. The maximum atomic E-state index is 12.7. The van der Waals surface area contributed by atoms with Gasteiger partial charge >= 0.3 is 19.8 Å². The third-order valence-corrected chi connectivity index (χ3v) is 11.2. The van der Waals surface area contributed by atoms with Gasteiger partial charge in [0.1, 0.15) is 6.61 Å². The highest BCUT2D eigenvalue weighted by molar-refractivity contribution is 7.47. The summed E-state index contributed by atoms with van der Waals surface area (Å²) in [5.41, 5.74) is 5.36. The molecule has 0 fully saturated rings. The number of esters is 2. The second-order valence-electron chi connectivity index (χ2n) is 16.3. The van der Waals surface area contributed by atoms with E-state index >= 15 is 0 Å². The fraction of sp³-hybridized carbons (Fsp3) is 0.698. The second kappa shape index (κ2) is 48.6. The molecule has 10 heteroatoms. The van der Waals surface area contributed by atoms with Gasteiger partial charge in [-0.2, -0.15) is 0 Å². The maximum Gasteiger partial charge on any atom is 0.472 e. The summed E-state index contributed by atoms with van der Waals surface area (Å²) < 4.78 is 32.9. The second-order valence-corrected chi connectivity index (χ2v) is 17.8. The van der Waals surface area contributed by atoms with Crippen LogP contribution in [0.4, 0.5) is 0 Å². The molecule has 0 saturated heterocycles. The van der Waals surface area contributed by atoms with Crippen molar-refractivity contribution < 1.29 is 37.6 Å². The van der Waals surface area contributed by atoms with E-state index in [-0.39, 0.29) is 32.6 Å². The Morgan fingerprint density at radius 1 is 0.492 bits per heavy atom. The van der Waals surface area contributed by atoms with Gasteiger partial charge in [-0.1, -0.05) is 189 Å². The minimum atomic E-state index is -4.39. The third kappa shape index (κ3) is 48.5. The predicted molar refractivity (Wildman–Crippen MR) is 265 cm³/mol. The lowest BCUT2D eigenvalue weighted by molar-refractivity contribution is -0.161. The minimum absolute atomic E-state index is 0.0472. The smallest absolute Gasteiger partial charge is 0.462 e. The number of nitrogens with two attached hydrogens (primary N) is 1. The largest absolute Gasteiger partial charge is 0.472 e. The molecule has 3 N–H and O–H groups in total. The summed E-state index contributed by atoms with van der Waals surface area (Å²) in [6, 6.07) is 0. The van der Waals surface area contributed by atoms with Crippen LogP contribution in [0.2, 0.25) is 0 Å². The molecule has 0 saturated carbocycles. The van der Waals surface area contributed by atoms with Crippen LogP contribution < -0.4 is 5.73 Å². The summed E-state index contributed by atoms with van der Waals surface area (Å²) in [5, 5.41) is 0. The van der Waals surface area contributed by atoms with Gasteiger partial charge in [0.25, 0.3) is 0 Å². The van der Waals surface area contributed by atoms with Crippen molar-refractivity contribution in [2.45, 2.75) is 213 Å². The Balaban J connectivity index is 4.09. The van der Waals surface area contributed by atoms with Gasteiger partial charge in [0, 0.05) is 19.4 Å². The predicted octanol–water partition coefficient (Wildman–Crippen LogP) is 15.2. The summed E-state index contributed by atoms with van der Waals surface area (Å²) in [5.74, 6) is -0.848. The van der Waals surface area contributed by atoms with Crippen molar-refractivity contribution in [3.05, 3.63) is 85.1 Å². The van der Waals surface area contributed by atoms with Crippen molar-refractivity contribution in [2.24, 2.45) is 5.73 Å². The Labute approximate surface area is 385 Å². The minimum Gasteiger partial charge on any atom is -0.462 e. The fourth-order valence-electron chi connectivity index (χ4n) is 6.57. The molecule has 0 aliphatic heterocycles. The Kier molecular flexibility index (Phi) is 46.5. The maximum absolute atomic E-state index is 12.7. The zero-order chi connectivity index (χ0) is 46.0. The van der Waals surface area contributed by atoms with Crippen LogP contribution in [0.1, 0.15) is 206 Å². The molecule has 0 heterocycles. The molecule has 0 aromatic carbocycles. The van der Waals surface area contributed by atoms with Gasteiger partial charge in [-0.25, -0.2) is 4.57 Å². The zero-order valence-corrected chi connectivity index (χ0v) is 40.9. The van der Waals surface area contributed by atoms with Gasteiger partial charge in [0.05, 0.1) is 13.2 Å². The first-order valence-corrected chi connectivity index (χ1v) is 26.6. The SMILES string of the molecule is CC/C=C\C/C=C\C/C=C\C/C=C\C/C=C\CCCCCCCCCCCC(=O)OC(COC(=O)CCCCCCCCC/C=C\C/C=C\CCCCC)COP(=O)(O)OCCN. The molecule has 9 nitrogen and oxygen atoms in total. The van der Waals surface area contributed by atoms with E-state index in [2.05, 4.69) is 98.9 Å². The Hall–Kier alpha value is -2.81. The zero-order valence-electron chi connectivity index (χ0n) is 40.0. The van der Waals surface area contributed by atoms with Gasteiger partial charge in [0.15, 0.2) is 6.10 Å². The van der Waals surface area contributed by atoms with Crippen LogP contribution in [0.3, 0.4) is 0 Å². The van der Waals surface area contributed by atoms with E-state index in [4.69, 9.17) is 24.3 Å². The number of unbranched alkanes of at least 4 members (excludes halogenated alkanes) is 19. The number of phosphoric ester groups is 1. The first kappa shape index (κ1) is 60.2. The number of ether oxygens (including phenoxy) is 2. The highest BCUT2D eigenvalue weighted by atomic mass is 31.2. The summed E-state index contributed by atoms with van der Waals surface area (Å²) in [6.45, 7) is 3.58. The number of carbonyl (C=O) groups is 2. The molecular weight excluding hydrogens is 810 g/mol. The monoisotopic (exact) mass is 902 g/mol. The molecule has 0 aromatic rings. The number of carbonyl (C=O) groups excluding carboxylic acids is 2. The van der Waals surface area contributed by atoms with E-state index in [1.807, 2.05) is 0 Å². The van der Waals surface area contributed by atoms with E-state index in [0.29, 0.717) is 6.42 Å². The van der Waals surface area contributed by atoms with E-state index in [1.165, 1.54) is 77.0 Å². The standard InChI is InChI=1S/C53H92NO8P/c1-3-5-7-9-11-13-15-17-19-21-22-23-24-25-26-27-28-30-32-34-36-38-40-42-44-46-53(56)62-51(50-61-63(57,58)60-48-47-54)49-59-52(55)45-43-41-39-37-35-33-31-29-20-18-16-14-12-10-8-6-4-2/h5,7,11-14,17-20,22-23,25-26,51H,3-4,6,8-10,15-16,21,24,27-50,54H2,1-2H3,(H,57,58)/b7-5-,13-11-,14-12-,19-17-,20-18-,23-22-,26-25-. The molecule has 0 amide bonds. The van der Waals surface area contributed by atoms with E-state index < -0.39 is 32.5 Å². The molecule has 362 valence electrons. The first-order valence-electron chi connectivity index (χ1n) is 25.1. The molecule has 0 aliphatic carbocycles. The van der Waals surface area contributed by atoms with Crippen LogP contribution in [0.5, 0.6) is 0 Å². The van der Waals surface area contributed by atoms with Gasteiger partial charge < -0.3 is 20.1 Å². The van der Waals surface area contributed by atoms with Crippen LogP contribution in [0, 0.1) is 0 Å². The van der Waals surface area contributed by atoms with E-state index in [9.17, 15) is 19.0 Å². The van der Waals surface area contributed by atoms with Gasteiger partial charge in [-0.3, -0.25) is 18.6 Å². The average Bonchev–Trinajstić information content (AvgIpc) is 3.27. The molecule has 0 aromatic heterocycles. The van der Waals surface area contributed by atoms with Crippen molar-refractivity contribution in [3.63, 3.8) is 0 Å². The number of rotatable bonds is 46. The molecule has 63 heavy (non-hydrogen) atoms. The lowest BCUT2D eigenvalue weighted by Gasteiger charge is -2.19. The molecule has 0 radical (unpaired) electrons. The fourth-order valence-corrected chi connectivity index (χ4v) is 7.34. The topological polar surface area (TPSA) is 134 Å². The van der Waals surface area contributed by atoms with Gasteiger partial charge in [-0.15, -0.1) is 0 Å². The lowest BCUT2D eigenvalue weighted by atomic mass is 10.1. The molecule has 2 atom stereocenters. The Bertz CT molecular complexity index is 1300. The van der Waals surface area contributed by atoms with Crippen LogP contribution >= 0.6 is 7.82 Å². The van der Waals surface area contributed by atoms with Crippen LogP contribution in [-0.2, 0) is 32.7 Å². The van der Waals surface area contributed by atoms with Crippen molar-refractivity contribution in [3.8, 4) is 0 Å². The molecule has 2 unspecified atom stereocenters. The van der Waals surface area contributed by atoms with E-state index in [0.717, 1.165) is 96.3 Å². The molecule has 0 bridgehead atoms. The lowest BCUT2D eigenvalue weighted by Crippen LogP contribution is -2.29. The van der Waals surface area contributed by atoms with Crippen molar-refractivity contribution in [1.82, 2.24) is 0 Å². The number of allylic oxidation sites excluding steroid dienone is 14. The van der Waals surface area contributed by atoms with Crippen LogP contribution in [0.25, 0.3) is 0 Å². The average molecular weight is 902 g/mol. The summed E-state index contributed by atoms with van der Waals surface area (Å²) in [4.78, 5) is 35.0. The molecule has 0 spiro atoms. The normalized spacial score (nSPS) is 13.9. The Morgan fingerprint density at radius 2 is 0.873 bits per heavy atom. The van der Waals surface area contributed by atoms with Crippen LogP contribution in [-0.4, -0.2) is 49.3 Å². The van der Waals surface area contributed by atoms with Gasteiger partial charge in [-0.05, 0) is 89.9 Å². The Morgan fingerprint density at radius 3 is 1.30 bits per heavy atom. The number of hydrogen-bond acceptors (Lipinski definition) is 8. The molecular formula is C53H92NO8P. The summed E-state index contributed by atoms with van der Waals surface area (Å²) >= 11 is 0. The summed E-state index contributed by atoms with van der Waals surface area (Å²) in [7, 11) is -4.39.